The van der Waals surface area contributed by atoms with Gasteiger partial charge < -0.3 is 29.8 Å². The zero-order valence-corrected chi connectivity index (χ0v) is 16.5. The average molecular weight is 439 g/mol. The third-order valence-corrected chi connectivity index (χ3v) is 6.46. The molecular formula is C20H20F3N3O5. The second kappa shape index (κ2) is 6.28. The first-order chi connectivity index (χ1) is 14.5. The lowest BCUT2D eigenvalue weighted by atomic mass is 9.94. The second-order valence-electron chi connectivity index (χ2n) is 8.62. The first-order valence-electron chi connectivity index (χ1n) is 9.88. The van der Waals surface area contributed by atoms with Gasteiger partial charge in [-0.25, -0.2) is 18.0 Å². The second-order valence-corrected chi connectivity index (χ2v) is 8.62. The largest absolute Gasteiger partial charge is 0.511 e. The van der Waals surface area contributed by atoms with Crippen LogP contribution in [0, 0.1) is 11.7 Å². The van der Waals surface area contributed by atoms with Gasteiger partial charge in [0.15, 0.2) is 17.3 Å². The van der Waals surface area contributed by atoms with E-state index in [4.69, 9.17) is 15.6 Å². The maximum atomic E-state index is 15.2. The number of rotatable bonds is 3. The number of hydrogen-bond acceptors (Lipinski definition) is 6. The Hall–Kier alpha value is -2.95. The molecule has 0 amide bonds. The fraction of sp³-hybridized carbons (Fsp3) is 0.500. The van der Waals surface area contributed by atoms with Gasteiger partial charge in [0, 0.05) is 12.1 Å². The summed E-state index contributed by atoms with van der Waals surface area (Å²) in [6, 6.07) is 0.584. The molecular weight excluding hydrogens is 419 g/mol. The molecule has 0 bridgehead atoms. The molecule has 3 heterocycles. The number of pyridine rings is 1. The van der Waals surface area contributed by atoms with Gasteiger partial charge in [0.25, 0.3) is 5.92 Å². The van der Waals surface area contributed by atoms with Crippen LogP contribution < -0.4 is 25.5 Å². The minimum atomic E-state index is -3.10. The van der Waals surface area contributed by atoms with Gasteiger partial charge in [-0.2, -0.15) is 0 Å². The molecule has 166 valence electrons. The molecule has 0 radical (unpaired) electrons. The molecule has 2 fully saturated rings. The molecule has 1 saturated carbocycles. The number of carboxylic acid groups (broad SMARTS) is 1. The Labute approximate surface area is 173 Å². The van der Waals surface area contributed by atoms with Crippen molar-refractivity contribution in [1.29, 1.82) is 0 Å². The number of hydrogen-bond donors (Lipinski definition) is 2. The number of carbonyl (C=O) groups is 1. The predicted molar refractivity (Wildman–Crippen MR) is 104 cm³/mol. The fourth-order valence-electron chi connectivity index (χ4n) is 4.70. The minimum absolute atomic E-state index is 0.0228. The highest BCUT2D eigenvalue weighted by Crippen LogP contribution is 2.52. The number of nitrogens with zero attached hydrogens (tertiary/aromatic N) is 2. The SMILES string of the molecule is C[C@H]1COc2c(N3C[C@H](C4(N)CC4)C(F)(F)C3)c(F)cc3c(=O)c(OC(=O)O)cn1c23. The van der Waals surface area contributed by atoms with E-state index < -0.39 is 47.1 Å². The summed E-state index contributed by atoms with van der Waals surface area (Å²) in [5, 5.41) is 8.74. The maximum absolute atomic E-state index is 15.2. The summed E-state index contributed by atoms with van der Waals surface area (Å²) in [7, 11) is 0. The molecule has 0 unspecified atom stereocenters. The molecule has 2 aliphatic heterocycles. The minimum Gasteiger partial charge on any atom is -0.487 e. The van der Waals surface area contributed by atoms with Crippen LogP contribution >= 0.6 is 0 Å². The van der Waals surface area contributed by atoms with Crippen molar-refractivity contribution < 1.29 is 32.5 Å². The van der Waals surface area contributed by atoms with Gasteiger partial charge >= 0.3 is 6.16 Å². The van der Waals surface area contributed by atoms with Crippen molar-refractivity contribution in [2.24, 2.45) is 11.7 Å². The zero-order chi connectivity index (χ0) is 22.3. The van der Waals surface area contributed by atoms with Crippen LogP contribution in [0.15, 0.2) is 17.1 Å². The molecule has 5 rings (SSSR count). The standard InChI is InChI=1S/C20H20F3N3O5/c1-9-7-30-17-14-10(16(27)12(5-26(9)14)31-18(28)29)4-11(21)15(17)25-6-13(19(24)2-3-19)20(22,23)8-25/h4-5,9,13H,2-3,6-8,24H2,1H3,(H,28,29)/t9-,13+/m0/s1. The van der Waals surface area contributed by atoms with Crippen molar-refractivity contribution in [3.63, 3.8) is 0 Å². The summed E-state index contributed by atoms with van der Waals surface area (Å²) in [5.41, 5.74) is 4.33. The van der Waals surface area contributed by atoms with E-state index in [0.29, 0.717) is 12.8 Å². The molecule has 11 heteroatoms. The number of halogens is 3. The topological polar surface area (TPSA) is 107 Å². The predicted octanol–water partition coefficient (Wildman–Crippen LogP) is 2.71. The van der Waals surface area contributed by atoms with Gasteiger partial charge in [-0.15, -0.1) is 0 Å². The van der Waals surface area contributed by atoms with Gasteiger partial charge in [0.1, 0.15) is 12.3 Å². The van der Waals surface area contributed by atoms with E-state index in [1.807, 2.05) is 0 Å². The van der Waals surface area contributed by atoms with E-state index in [1.165, 1.54) is 11.1 Å². The molecule has 8 nitrogen and oxygen atoms in total. The van der Waals surface area contributed by atoms with Crippen LogP contribution in [-0.2, 0) is 0 Å². The highest BCUT2D eigenvalue weighted by atomic mass is 19.3. The Morgan fingerprint density at radius 1 is 1.39 bits per heavy atom. The molecule has 1 aliphatic carbocycles. The van der Waals surface area contributed by atoms with Crippen LogP contribution in [0.4, 0.5) is 23.7 Å². The third-order valence-electron chi connectivity index (χ3n) is 6.46. The first-order valence-corrected chi connectivity index (χ1v) is 9.88. The maximum Gasteiger partial charge on any atom is 0.511 e. The van der Waals surface area contributed by atoms with Crippen molar-refractivity contribution in [2.75, 3.05) is 24.6 Å². The zero-order valence-electron chi connectivity index (χ0n) is 16.5. The quantitative estimate of drug-likeness (QED) is 0.708. The summed E-state index contributed by atoms with van der Waals surface area (Å²) in [4.78, 5) is 24.9. The lowest BCUT2D eigenvalue weighted by Crippen LogP contribution is -2.43. The highest BCUT2D eigenvalue weighted by Gasteiger charge is 2.61. The molecule has 3 N–H and O–H groups in total. The lowest BCUT2D eigenvalue weighted by Gasteiger charge is -2.31. The third kappa shape index (κ3) is 2.93. The number of benzene rings is 1. The van der Waals surface area contributed by atoms with Crippen molar-refractivity contribution in [1.82, 2.24) is 4.57 Å². The Bertz CT molecular complexity index is 1180. The van der Waals surface area contributed by atoms with Crippen LogP contribution in [0.1, 0.15) is 25.8 Å². The smallest absolute Gasteiger partial charge is 0.487 e. The van der Waals surface area contributed by atoms with Crippen molar-refractivity contribution in [3.05, 3.63) is 28.3 Å². The van der Waals surface area contributed by atoms with Crippen molar-refractivity contribution >= 4 is 22.7 Å². The number of ether oxygens (including phenoxy) is 2. The van der Waals surface area contributed by atoms with Crippen LogP contribution in [-0.4, -0.2) is 47.0 Å². The molecule has 2 aromatic rings. The Morgan fingerprint density at radius 2 is 2.10 bits per heavy atom. The summed E-state index contributed by atoms with van der Waals surface area (Å²) in [6.45, 7) is 0.978. The molecule has 3 aliphatic rings. The average Bonchev–Trinajstić information content (AvgIpc) is 3.33. The summed E-state index contributed by atoms with van der Waals surface area (Å²) < 4.78 is 56.6. The van der Waals surface area contributed by atoms with E-state index in [1.54, 1.807) is 11.5 Å². The van der Waals surface area contributed by atoms with Crippen LogP contribution in [0.2, 0.25) is 0 Å². The van der Waals surface area contributed by atoms with Crippen LogP contribution in [0.5, 0.6) is 11.5 Å². The van der Waals surface area contributed by atoms with Crippen molar-refractivity contribution in [3.8, 4) is 11.5 Å². The molecule has 1 aromatic heterocycles. The van der Waals surface area contributed by atoms with E-state index in [9.17, 15) is 18.4 Å². The van der Waals surface area contributed by atoms with E-state index in [2.05, 4.69) is 4.74 Å². The number of aromatic nitrogens is 1. The highest BCUT2D eigenvalue weighted by molar-refractivity contribution is 5.93. The Kier molecular flexibility index (Phi) is 4.05. The van der Waals surface area contributed by atoms with Gasteiger partial charge in [-0.3, -0.25) is 4.79 Å². The Balaban J connectivity index is 1.69. The summed E-state index contributed by atoms with van der Waals surface area (Å²) >= 11 is 0. The number of anilines is 1. The Morgan fingerprint density at radius 3 is 2.74 bits per heavy atom. The van der Waals surface area contributed by atoms with Crippen molar-refractivity contribution in [2.45, 2.75) is 37.3 Å². The van der Waals surface area contributed by atoms with Gasteiger partial charge in [-0.1, -0.05) is 0 Å². The first kappa shape index (κ1) is 20.0. The molecule has 31 heavy (non-hydrogen) atoms. The molecule has 2 atom stereocenters. The van der Waals surface area contributed by atoms with E-state index in [0.717, 1.165) is 6.07 Å². The number of nitrogens with two attached hydrogens (primary N) is 1. The normalized spacial score (nSPS) is 25.4. The molecule has 0 spiro atoms. The monoisotopic (exact) mass is 439 g/mol. The number of alkyl halides is 2. The van der Waals surface area contributed by atoms with Gasteiger partial charge in [0.05, 0.1) is 35.6 Å². The lowest BCUT2D eigenvalue weighted by molar-refractivity contribution is -0.0332. The van der Waals surface area contributed by atoms with Gasteiger partial charge in [-0.05, 0) is 25.8 Å². The van der Waals surface area contributed by atoms with Gasteiger partial charge in [0.2, 0.25) is 5.43 Å². The van der Waals surface area contributed by atoms with E-state index in [-0.39, 0.29) is 41.5 Å². The molecule has 1 saturated heterocycles. The van der Waals surface area contributed by atoms with Crippen LogP contribution in [0.25, 0.3) is 10.9 Å². The molecule has 1 aromatic carbocycles. The van der Waals surface area contributed by atoms with E-state index >= 15 is 4.39 Å². The fourth-order valence-corrected chi connectivity index (χ4v) is 4.70. The summed E-state index contributed by atoms with van der Waals surface area (Å²) in [5.74, 6) is -5.62. The summed E-state index contributed by atoms with van der Waals surface area (Å²) in [6.07, 6.45) is 0.530. The van der Waals surface area contributed by atoms with Crippen LogP contribution in [0.3, 0.4) is 0 Å².